The lowest BCUT2D eigenvalue weighted by atomic mass is 10.4. The van der Waals surface area contributed by atoms with E-state index in [0.717, 1.165) is 18.7 Å². The van der Waals surface area contributed by atoms with Gasteiger partial charge in [0.15, 0.2) is 0 Å². The van der Waals surface area contributed by atoms with Gasteiger partial charge in [0.05, 0.1) is 6.20 Å². The van der Waals surface area contributed by atoms with Crippen LogP contribution in [-0.2, 0) is 0 Å². The Morgan fingerprint density at radius 3 is 2.53 bits per heavy atom. The maximum atomic E-state index is 5.40. The van der Waals surface area contributed by atoms with Crippen molar-refractivity contribution in [2.75, 3.05) is 23.4 Å². The number of anilines is 2. The second kappa shape index (κ2) is 5.61. The Labute approximate surface area is 111 Å². The smallest absolute Gasteiger partial charge is 0.257 e. The number of hydrazine groups is 1. The molecule has 0 aliphatic carbocycles. The topological polar surface area (TPSA) is 97.8 Å². The van der Waals surface area contributed by atoms with Gasteiger partial charge in [-0.05, 0) is 26.3 Å². The molecule has 8 heteroatoms. The highest BCUT2D eigenvalue weighted by Crippen LogP contribution is 2.12. The van der Waals surface area contributed by atoms with E-state index in [2.05, 4.69) is 25.5 Å². The van der Waals surface area contributed by atoms with Gasteiger partial charge in [-0.3, -0.25) is 5.43 Å². The molecule has 0 aliphatic rings. The fraction of sp³-hybridized carbons (Fsp3) is 0.455. The Bertz CT molecular complexity index is 545. The zero-order valence-corrected chi connectivity index (χ0v) is 11.3. The first kappa shape index (κ1) is 13.2. The standard InChI is InChI=1S/C11H18N8/c1-4-18(5-2)10-14-9(17-12)15-11(16-10)19-7-8(3)6-13-19/h6-7H,4-5,12H2,1-3H3,(H,14,15,16,17). The number of nitrogens with one attached hydrogen (secondary N) is 1. The van der Waals surface area contributed by atoms with Crippen LogP contribution in [0, 0.1) is 6.92 Å². The molecular formula is C11H18N8. The van der Waals surface area contributed by atoms with Gasteiger partial charge in [-0.2, -0.15) is 20.1 Å². The van der Waals surface area contributed by atoms with E-state index in [4.69, 9.17) is 5.84 Å². The molecule has 0 bridgehead atoms. The van der Waals surface area contributed by atoms with Gasteiger partial charge in [-0.15, -0.1) is 0 Å². The monoisotopic (exact) mass is 262 g/mol. The lowest BCUT2D eigenvalue weighted by molar-refractivity contribution is 0.762. The third kappa shape index (κ3) is 2.79. The van der Waals surface area contributed by atoms with Crippen molar-refractivity contribution in [2.45, 2.75) is 20.8 Å². The summed E-state index contributed by atoms with van der Waals surface area (Å²) < 4.78 is 1.60. The first-order valence-corrected chi connectivity index (χ1v) is 6.17. The summed E-state index contributed by atoms with van der Waals surface area (Å²) in [7, 11) is 0. The van der Waals surface area contributed by atoms with Crippen LogP contribution in [0.1, 0.15) is 19.4 Å². The van der Waals surface area contributed by atoms with Crippen molar-refractivity contribution in [3.63, 3.8) is 0 Å². The number of rotatable bonds is 5. The molecule has 19 heavy (non-hydrogen) atoms. The van der Waals surface area contributed by atoms with Crippen LogP contribution in [0.15, 0.2) is 12.4 Å². The van der Waals surface area contributed by atoms with Crippen LogP contribution in [-0.4, -0.2) is 37.8 Å². The van der Waals surface area contributed by atoms with Crippen molar-refractivity contribution in [2.24, 2.45) is 5.84 Å². The van der Waals surface area contributed by atoms with Gasteiger partial charge < -0.3 is 4.90 Å². The van der Waals surface area contributed by atoms with Gasteiger partial charge in [0.25, 0.3) is 5.95 Å². The van der Waals surface area contributed by atoms with Gasteiger partial charge in [-0.1, -0.05) is 0 Å². The molecule has 0 fully saturated rings. The fourth-order valence-electron chi connectivity index (χ4n) is 1.69. The minimum atomic E-state index is 0.319. The molecule has 102 valence electrons. The predicted octanol–water partition coefficient (Wildman–Crippen LogP) is 0.498. The van der Waals surface area contributed by atoms with E-state index < -0.39 is 0 Å². The number of hydrogen-bond acceptors (Lipinski definition) is 7. The predicted molar refractivity (Wildman–Crippen MR) is 73.1 cm³/mol. The molecule has 0 saturated carbocycles. The highest BCUT2D eigenvalue weighted by Gasteiger charge is 2.12. The van der Waals surface area contributed by atoms with Gasteiger partial charge >= 0.3 is 0 Å². The van der Waals surface area contributed by atoms with Gasteiger partial charge in [0.1, 0.15) is 0 Å². The summed E-state index contributed by atoms with van der Waals surface area (Å²) in [5.41, 5.74) is 3.49. The Kier molecular flexibility index (Phi) is 3.91. The maximum Gasteiger partial charge on any atom is 0.257 e. The third-order valence-corrected chi connectivity index (χ3v) is 2.70. The van der Waals surface area contributed by atoms with Crippen molar-refractivity contribution in [3.05, 3.63) is 18.0 Å². The second-order valence-electron chi connectivity index (χ2n) is 4.04. The van der Waals surface area contributed by atoms with E-state index in [1.807, 2.05) is 31.9 Å². The van der Waals surface area contributed by atoms with Crippen LogP contribution in [0.2, 0.25) is 0 Å². The molecule has 0 amide bonds. The van der Waals surface area contributed by atoms with E-state index in [1.165, 1.54) is 0 Å². The van der Waals surface area contributed by atoms with Crippen LogP contribution in [0.25, 0.3) is 5.95 Å². The third-order valence-electron chi connectivity index (χ3n) is 2.70. The molecule has 2 rings (SSSR count). The number of aryl methyl sites for hydroxylation is 1. The lowest BCUT2D eigenvalue weighted by Gasteiger charge is -2.19. The Morgan fingerprint density at radius 2 is 2.00 bits per heavy atom. The highest BCUT2D eigenvalue weighted by atomic mass is 15.4. The molecule has 2 aromatic rings. The maximum absolute atomic E-state index is 5.40. The zero-order valence-electron chi connectivity index (χ0n) is 11.3. The molecule has 0 aromatic carbocycles. The molecule has 0 spiro atoms. The molecular weight excluding hydrogens is 244 g/mol. The summed E-state index contributed by atoms with van der Waals surface area (Å²) >= 11 is 0. The number of nitrogen functional groups attached to an aromatic ring is 1. The molecule has 8 nitrogen and oxygen atoms in total. The first-order chi connectivity index (χ1) is 9.17. The number of hydrogen-bond donors (Lipinski definition) is 2. The van der Waals surface area contributed by atoms with Crippen LogP contribution in [0.3, 0.4) is 0 Å². The van der Waals surface area contributed by atoms with Crippen molar-refractivity contribution in [1.82, 2.24) is 24.7 Å². The highest BCUT2D eigenvalue weighted by molar-refractivity contribution is 5.39. The molecule has 0 unspecified atom stereocenters. The summed E-state index contributed by atoms with van der Waals surface area (Å²) in [5.74, 6) is 6.74. The van der Waals surface area contributed by atoms with Gasteiger partial charge in [0, 0.05) is 19.3 Å². The second-order valence-corrected chi connectivity index (χ2v) is 4.04. The quantitative estimate of drug-likeness (QED) is 0.598. The number of nitrogens with two attached hydrogens (primary N) is 1. The molecule has 2 heterocycles. The summed E-state index contributed by atoms with van der Waals surface area (Å²) in [6.45, 7) is 7.66. The molecule has 0 atom stereocenters. The van der Waals surface area contributed by atoms with Crippen molar-refractivity contribution >= 4 is 11.9 Å². The van der Waals surface area contributed by atoms with Crippen LogP contribution < -0.4 is 16.2 Å². The minimum absolute atomic E-state index is 0.319. The molecule has 0 aliphatic heterocycles. The fourth-order valence-corrected chi connectivity index (χ4v) is 1.69. The lowest BCUT2D eigenvalue weighted by Crippen LogP contribution is -2.26. The zero-order chi connectivity index (χ0) is 13.8. The number of aromatic nitrogens is 5. The van der Waals surface area contributed by atoms with Crippen LogP contribution in [0.5, 0.6) is 0 Å². The van der Waals surface area contributed by atoms with Gasteiger partial charge in [0.2, 0.25) is 11.9 Å². The van der Waals surface area contributed by atoms with Crippen LogP contribution >= 0.6 is 0 Å². The first-order valence-electron chi connectivity index (χ1n) is 6.17. The van der Waals surface area contributed by atoms with Crippen LogP contribution in [0.4, 0.5) is 11.9 Å². The van der Waals surface area contributed by atoms with E-state index in [0.29, 0.717) is 17.8 Å². The summed E-state index contributed by atoms with van der Waals surface area (Å²) in [6.07, 6.45) is 3.60. The summed E-state index contributed by atoms with van der Waals surface area (Å²) in [5, 5.41) is 4.19. The minimum Gasteiger partial charge on any atom is -0.341 e. The van der Waals surface area contributed by atoms with Crippen molar-refractivity contribution < 1.29 is 0 Å². The molecule has 2 aromatic heterocycles. The molecule has 0 saturated heterocycles. The van der Waals surface area contributed by atoms with E-state index in [1.54, 1.807) is 10.9 Å². The van der Waals surface area contributed by atoms with Crippen molar-refractivity contribution in [3.8, 4) is 5.95 Å². The normalized spacial score (nSPS) is 10.5. The summed E-state index contributed by atoms with van der Waals surface area (Å²) in [4.78, 5) is 14.9. The van der Waals surface area contributed by atoms with E-state index in [9.17, 15) is 0 Å². The average molecular weight is 262 g/mol. The molecule has 0 radical (unpaired) electrons. The Hall–Kier alpha value is -2.22. The van der Waals surface area contributed by atoms with E-state index >= 15 is 0 Å². The summed E-state index contributed by atoms with van der Waals surface area (Å²) in [6, 6.07) is 0. The van der Waals surface area contributed by atoms with Gasteiger partial charge in [-0.25, -0.2) is 10.5 Å². The van der Waals surface area contributed by atoms with E-state index in [-0.39, 0.29) is 0 Å². The Morgan fingerprint density at radius 1 is 1.26 bits per heavy atom. The van der Waals surface area contributed by atoms with Crippen molar-refractivity contribution in [1.29, 1.82) is 0 Å². The number of nitrogens with zero attached hydrogens (tertiary/aromatic N) is 6. The SMILES string of the molecule is CCN(CC)c1nc(NN)nc(-n2cc(C)cn2)n1. The molecule has 3 N–H and O–H groups in total. The largest absolute Gasteiger partial charge is 0.341 e. The average Bonchev–Trinajstić information content (AvgIpc) is 2.86. The Balaban J connectivity index is 2.46.